The fraction of sp³-hybridized carbons (Fsp3) is 0.222. The van der Waals surface area contributed by atoms with E-state index in [1.807, 2.05) is 50.2 Å². The number of nitrogens with zero attached hydrogens (tertiary/aromatic N) is 2. The summed E-state index contributed by atoms with van der Waals surface area (Å²) in [7, 11) is 1.61. The highest BCUT2D eigenvalue weighted by Gasteiger charge is 2.11. The van der Waals surface area contributed by atoms with Crippen molar-refractivity contribution in [3.8, 4) is 17.2 Å². The molecule has 0 radical (unpaired) electrons. The zero-order chi connectivity index (χ0) is 16.4. The molecule has 0 saturated heterocycles. The summed E-state index contributed by atoms with van der Waals surface area (Å²) >= 11 is 0. The van der Waals surface area contributed by atoms with Gasteiger partial charge in [-0.15, -0.1) is 0 Å². The summed E-state index contributed by atoms with van der Waals surface area (Å²) < 4.78 is 12.2. The quantitative estimate of drug-likeness (QED) is 0.743. The van der Waals surface area contributed by atoms with E-state index in [9.17, 15) is 4.79 Å². The molecule has 0 aliphatic rings. The fourth-order valence-corrected chi connectivity index (χ4v) is 2.57. The minimum absolute atomic E-state index is 0.112. The molecule has 0 aliphatic heterocycles. The molecule has 0 N–H and O–H groups in total. The lowest BCUT2D eigenvalue weighted by atomic mass is 10.2. The Morgan fingerprint density at radius 2 is 1.78 bits per heavy atom. The minimum Gasteiger partial charge on any atom is -0.497 e. The third kappa shape index (κ3) is 2.77. The van der Waals surface area contributed by atoms with Gasteiger partial charge in [0, 0.05) is 0 Å². The maximum atomic E-state index is 12.9. The van der Waals surface area contributed by atoms with Gasteiger partial charge in [-0.25, -0.2) is 4.98 Å². The predicted molar refractivity (Wildman–Crippen MR) is 89.8 cm³/mol. The van der Waals surface area contributed by atoms with Crippen LogP contribution in [0.5, 0.6) is 11.5 Å². The van der Waals surface area contributed by atoms with Crippen molar-refractivity contribution in [2.45, 2.75) is 13.8 Å². The third-order valence-corrected chi connectivity index (χ3v) is 3.65. The normalized spacial score (nSPS) is 10.7. The van der Waals surface area contributed by atoms with Crippen LogP contribution >= 0.6 is 0 Å². The van der Waals surface area contributed by atoms with Gasteiger partial charge in [-0.05, 0) is 56.3 Å². The van der Waals surface area contributed by atoms with Gasteiger partial charge in [-0.3, -0.25) is 9.36 Å². The second-order valence-electron chi connectivity index (χ2n) is 5.11. The maximum Gasteiger partial charge on any atom is 0.266 e. The van der Waals surface area contributed by atoms with E-state index in [1.54, 1.807) is 17.7 Å². The van der Waals surface area contributed by atoms with E-state index >= 15 is 0 Å². The Labute approximate surface area is 134 Å². The zero-order valence-electron chi connectivity index (χ0n) is 13.4. The molecule has 0 saturated carbocycles. The number of aryl methyl sites for hydroxylation is 1. The summed E-state index contributed by atoms with van der Waals surface area (Å²) in [4.78, 5) is 17.4. The van der Waals surface area contributed by atoms with Gasteiger partial charge in [0.05, 0.1) is 30.3 Å². The number of rotatable bonds is 4. The average molecular weight is 310 g/mol. The van der Waals surface area contributed by atoms with Gasteiger partial charge in [0.25, 0.3) is 5.56 Å². The highest BCUT2D eigenvalue weighted by Crippen LogP contribution is 2.20. The second-order valence-corrected chi connectivity index (χ2v) is 5.11. The molecule has 0 fully saturated rings. The molecular formula is C18H18N2O3. The Morgan fingerprint density at radius 3 is 2.43 bits per heavy atom. The first kappa shape index (κ1) is 15.1. The Kier molecular flexibility index (Phi) is 4.02. The molecule has 23 heavy (non-hydrogen) atoms. The predicted octanol–water partition coefficient (Wildman–Crippen LogP) is 3.10. The number of ether oxygens (including phenoxy) is 2. The Balaban J connectivity index is 2.21. The van der Waals surface area contributed by atoms with Crippen molar-refractivity contribution < 1.29 is 9.47 Å². The molecule has 1 aromatic heterocycles. The Hall–Kier alpha value is -2.82. The van der Waals surface area contributed by atoms with Crippen molar-refractivity contribution in [1.29, 1.82) is 0 Å². The SMILES string of the molecule is CCOc1ccc2nc(C)n(-c3ccc(OC)cc3)c(=O)c2c1. The van der Waals surface area contributed by atoms with Crippen LogP contribution in [-0.2, 0) is 0 Å². The number of hydrogen-bond acceptors (Lipinski definition) is 4. The van der Waals surface area contributed by atoms with Crippen molar-refractivity contribution in [2.24, 2.45) is 0 Å². The molecular weight excluding hydrogens is 292 g/mol. The van der Waals surface area contributed by atoms with Gasteiger partial charge in [-0.1, -0.05) is 0 Å². The van der Waals surface area contributed by atoms with Crippen LogP contribution in [0.2, 0.25) is 0 Å². The topological polar surface area (TPSA) is 53.4 Å². The van der Waals surface area contributed by atoms with Gasteiger partial charge in [0.1, 0.15) is 17.3 Å². The number of hydrogen-bond donors (Lipinski definition) is 0. The van der Waals surface area contributed by atoms with Gasteiger partial charge >= 0.3 is 0 Å². The number of aromatic nitrogens is 2. The van der Waals surface area contributed by atoms with Crippen LogP contribution < -0.4 is 15.0 Å². The van der Waals surface area contributed by atoms with Gasteiger partial charge in [0.2, 0.25) is 0 Å². The highest BCUT2D eigenvalue weighted by atomic mass is 16.5. The molecule has 118 valence electrons. The van der Waals surface area contributed by atoms with Crippen molar-refractivity contribution in [3.63, 3.8) is 0 Å². The monoisotopic (exact) mass is 310 g/mol. The summed E-state index contributed by atoms with van der Waals surface area (Å²) in [5.41, 5.74) is 1.31. The largest absolute Gasteiger partial charge is 0.497 e. The lowest BCUT2D eigenvalue weighted by molar-refractivity contribution is 0.340. The Bertz CT molecular complexity index is 899. The summed E-state index contributed by atoms with van der Waals surface area (Å²) in [6.07, 6.45) is 0. The molecule has 1 heterocycles. The summed E-state index contributed by atoms with van der Waals surface area (Å²) in [5.74, 6) is 2.05. The van der Waals surface area contributed by atoms with E-state index in [2.05, 4.69) is 4.98 Å². The third-order valence-electron chi connectivity index (χ3n) is 3.65. The van der Waals surface area contributed by atoms with Crippen molar-refractivity contribution >= 4 is 10.9 Å². The number of benzene rings is 2. The first-order valence-electron chi connectivity index (χ1n) is 7.44. The average Bonchev–Trinajstić information content (AvgIpc) is 2.56. The molecule has 5 heteroatoms. The van der Waals surface area contributed by atoms with E-state index in [0.717, 1.165) is 11.4 Å². The smallest absolute Gasteiger partial charge is 0.266 e. The van der Waals surface area contributed by atoms with E-state index in [1.165, 1.54) is 0 Å². The molecule has 2 aromatic carbocycles. The van der Waals surface area contributed by atoms with E-state index in [4.69, 9.17) is 9.47 Å². The maximum absolute atomic E-state index is 12.9. The first-order chi connectivity index (χ1) is 11.1. The van der Waals surface area contributed by atoms with Crippen LogP contribution in [0, 0.1) is 6.92 Å². The molecule has 0 aliphatic carbocycles. The summed E-state index contributed by atoms with van der Waals surface area (Å²) in [6.45, 7) is 4.28. The van der Waals surface area contributed by atoms with Gasteiger partial charge in [-0.2, -0.15) is 0 Å². The van der Waals surface area contributed by atoms with Crippen molar-refractivity contribution in [2.75, 3.05) is 13.7 Å². The highest BCUT2D eigenvalue weighted by molar-refractivity contribution is 5.79. The molecule has 0 atom stereocenters. The molecule has 5 nitrogen and oxygen atoms in total. The zero-order valence-corrected chi connectivity index (χ0v) is 13.4. The lowest BCUT2D eigenvalue weighted by Crippen LogP contribution is -2.22. The molecule has 0 spiro atoms. The van der Waals surface area contributed by atoms with E-state index in [-0.39, 0.29) is 5.56 Å². The minimum atomic E-state index is -0.112. The van der Waals surface area contributed by atoms with Crippen LogP contribution in [0.4, 0.5) is 0 Å². The summed E-state index contributed by atoms with van der Waals surface area (Å²) in [5, 5.41) is 0.539. The van der Waals surface area contributed by atoms with Gasteiger partial charge < -0.3 is 9.47 Å². The molecule has 0 amide bonds. The molecule has 3 aromatic rings. The second kappa shape index (κ2) is 6.12. The van der Waals surface area contributed by atoms with Crippen LogP contribution in [-0.4, -0.2) is 23.3 Å². The Morgan fingerprint density at radius 1 is 1.09 bits per heavy atom. The molecule has 0 unspecified atom stereocenters. The summed E-state index contributed by atoms with van der Waals surface area (Å²) in [6, 6.07) is 12.7. The number of methoxy groups -OCH3 is 1. The van der Waals surface area contributed by atoms with Crippen molar-refractivity contribution in [3.05, 3.63) is 58.6 Å². The standard InChI is InChI=1S/C18H18N2O3/c1-4-23-15-9-10-17-16(11-15)18(21)20(12(2)19-17)13-5-7-14(22-3)8-6-13/h5-11H,4H2,1-3H3. The first-order valence-corrected chi connectivity index (χ1v) is 7.44. The molecule has 3 rings (SSSR count). The molecule has 0 bridgehead atoms. The van der Waals surface area contributed by atoms with E-state index in [0.29, 0.717) is 29.1 Å². The number of fused-ring (bicyclic) bond motifs is 1. The van der Waals surface area contributed by atoms with Crippen LogP contribution in [0.25, 0.3) is 16.6 Å². The van der Waals surface area contributed by atoms with E-state index < -0.39 is 0 Å². The lowest BCUT2D eigenvalue weighted by Gasteiger charge is -2.12. The van der Waals surface area contributed by atoms with Crippen LogP contribution in [0.3, 0.4) is 0 Å². The fourth-order valence-electron chi connectivity index (χ4n) is 2.57. The van der Waals surface area contributed by atoms with Gasteiger partial charge in [0.15, 0.2) is 0 Å². The van der Waals surface area contributed by atoms with Crippen LogP contribution in [0.1, 0.15) is 12.7 Å². The van der Waals surface area contributed by atoms with Crippen molar-refractivity contribution in [1.82, 2.24) is 9.55 Å². The van der Waals surface area contributed by atoms with Crippen LogP contribution in [0.15, 0.2) is 47.3 Å².